The van der Waals surface area contributed by atoms with E-state index in [4.69, 9.17) is 9.47 Å². The number of ether oxygens (including phenoxy) is 2. The van der Waals surface area contributed by atoms with Crippen molar-refractivity contribution in [1.29, 1.82) is 0 Å². The van der Waals surface area contributed by atoms with Crippen molar-refractivity contribution in [1.82, 2.24) is 0 Å². The summed E-state index contributed by atoms with van der Waals surface area (Å²) >= 11 is 4.83. The van der Waals surface area contributed by atoms with Crippen LogP contribution in [-0.2, 0) is 4.74 Å². The van der Waals surface area contributed by atoms with Crippen LogP contribution in [0.5, 0.6) is 5.75 Å². The van der Waals surface area contributed by atoms with Gasteiger partial charge >= 0.3 is 5.97 Å². The third-order valence-electron chi connectivity index (χ3n) is 2.20. The predicted molar refractivity (Wildman–Crippen MR) is 67.4 cm³/mol. The fourth-order valence-corrected chi connectivity index (χ4v) is 3.03. The Morgan fingerprint density at radius 3 is 2.75 bits per heavy atom. The number of hydrogen-bond donors (Lipinski definition) is 0. The van der Waals surface area contributed by atoms with Gasteiger partial charge < -0.3 is 9.47 Å². The SMILES string of the molecule is COC(=O)c1cc2c(OC)ccc(Br)c2s1. The summed E-state index contributed by atoms with van der Waals surface area (Å²) in [5.74, 6) is 0.430. The highest BCUT2D eigenvalue weighted by atomic mass is 79.9. The molecule has 5 heteroatoms. The molecule has 0 aliphatic carbocycles. The number of fused-ring (bicyclic) bond motifs is 1. The van der Waals surface area contributed by atoms with Gasteiger partial charge in [-0.25, -0.2) is 4.79 Å². The Hall–Kier alpha value is -1.07. The zero-order valence-electron chi connectivity index (χ0n) is 8.74. The smallest absolute Gasteiger partial charge is 0.348 e. The molecule has 1 heterocycles. The molecular formula is C11H9BrO3S. The maximum Gasteiger partial charge on any atom is 0.348 e. The number of hydrogen-bond acceptors (Lipinski definition) is 4. The van der Waals surface area contributed by atoms with Crippen LogP contribution in [0.3, 0.4) is 0 Å². The zero-order chi connectivity index (χ0) is 11.7. The lowest BCUT2D eigenvalue weighted by molar-refractivity contribution is 0.0606. The maximum absolute atomic E-state index is 11.4. The molecule has 0 saturated heterocycles. The molecule has 0 spiro atoms. The topological polar surface area (TPSA) is 35.5 Å². The van der Waals surface area contributed by atoms with Gasteiger partial charge in [0, 0.05) is 9.86 Å². The van der Waals surface area contributed by atoms with Crippen molar-refractivity contribution in [2.24, 2.45) is 0 Å². The molecule has 0 amide bonds. The first-order valence-corrected chi connectivity index (χ1v) is 6.12. The Kier molecular flexibility index (Phi) is 3.16. The molecule has 0 unspecified atom stereocenters. The number of halogens is 1. The number of rotatable bonds is 2. The number of methoxy groups -OCH3 is 2. The molecule has 1 aromatic heterocycles. The quantitative estimate of drug-likeness (QED) is 0.797. The molecule has 0 aliphatic heterocycles. The fourth-order valence-electron chi connectivity index (χ4n) is 1.44. The third-order valence-corrected chi connectivity index (χ3v) is 4.27. The lowest BCUT2D eigenvalue weighted by Gasteiger charge is -2.01. The maximum atomic E-state index is 11.4. The highest BCUT2D eigenvalue weighted by Crippen LogP contribution is 2.37. The van der Waals surface area contributed by atoms with Crippen molar-refractivity contribution < 1.29 is 14.3 Å². The van der Waals surface area contributed by atoms with E-state index in [0.29, 0.717) is 4.88 Å². The minimum absolute atomic E-state index is 0.324. The van der Waals surface area contributed by atoms with Gasteiger partial charge in [0.1, 0.15) is 10.6 Å². The second-order valence-corrected chi connectivity index (χ2v) is 5.00. The second kappa shape index (κ2) is 4.43. The van der Waals surface area contributed by atoms with Gasteiger partial charge in [0.05, 0.1) is 18.9 Å². The van der Waals surface area contributed by atoms with Crippen LogP contribution in [0.2, 0.25) is 0 Å². The van der Waals surface area contributed by atoms with E-state index in [0.717, 1.165) is 20.3 Å². The van der Waals surface area contributed by atoms with E-state index in [1.807, 2.05) is 12.1 Å². The van der Waals surface area contributed by atoms with Crippen LogP contribution < -0.4 is 4.74 Å². The summed E-state index contributed by atoms with van der Waals surface area (Å²) in [7, 11) is 2.98. The molecule has 0 saturated carbocycles. The van der Waals surface area contributed by atoms with Crippen molar-refractivity contribution >= 4 is 43.3 Å². The lowest BCUT2D eigenvalue weighted by Crippen LogP contribution is -1.96. The van der Waals surface area contributed by atoms with Crippen LogP contribution in [0.1, 0.15) is 9.67 Å². The molecule has 84 valence electrons. The average Bonchev–Trinajstić information content (AvgIpc) is 2.74. The van der Waals surface area contributed by atoms with Crippen LogP contribution in [0.15, 0.2) is 22.7 Å². The summed E-state index contributed by atoms with van der Waals surface area (Å²) in [6.45, 7) is 0. The van der Waals surface area contributed by atoms with Crippen molar-refractivity contribution in [3.05, 3.63) is 27.5 Å². The Bertz CT molecular complexity index is 547. The number of carbonyl (C=O) groups is 1. The van der Waals surface area contributed by atoms with Crippen LogP contribution in [0.4, 0.5) is 0 Å². The number of thiophene rings is 1. The van der Waals surface area contributed by atoms with Gasteiger partial charge in [-0.2, -0.15) is 0 Å². The molecule has 0 fully saturated rings. The van der Waals surface area contributed by atoms with Gasteiger partial charge in [0.2, 0.25) is 0 Å². The van der Waals surface area contributed by atoms with E-state index in [1.165, 1.54) is 18.4 Å². The first kappa shape index (κ1) is 11.4. The minimum Gasteiger partial charge on any atom is -0.496 e. The van der Waals surface area contributed by atoms with Crippen LogP contribution in [0.25, 0.3) is 10.1 Å². The van der Waals surface area contributed by atoms with Gasteiger partial charge in [0.25, 0.3) is 0 Å². The van der Waals surface area contributed by atoms with Crippen molar-refractivity contribution in [2.45, 2.75) is 0 Å². The number of carbonyl (C=O) groups excluding carboxylic acids is 1. The Balaban J connectivity index is 2.68. The van der Waals surface area contributed by atoms with E-state index in [9.17, 15) is 4.79 Å². The average molecular weight is 301 g/mol. The molecule has 0 radical (unpaired) electrons. The van der Waals surface area contributed by atoms with E-state index < -0.39 is 0 Å². The lowest BCUT2D eigenvalue weighted by atomic mass is 10.2. The highest BCUT2D eigenvalue weighted by molar-refractivity contribution is 9.10. The fraction of sp³-hybridized carbons (Fsp3) is 0.182. The van der Waals surface area contributed by atoms with Crippen LogP contribution >= 0.6 is 27.3 Å². The number of esters is 1. The standard InChI is InChI=1S/C11H9BrO3S/c1-14-8-4-3-7(12)10-6(8)5-9(16-10)11(13)15-2/h3-5H,1-2H3. The second-order valence-electron chi connectivity index (χ2n) is 3.09. The van der Waals surface area contributed by atoms with Gasteiger partial charge in [0.15, 0.2) is 0 Å². The highest BCUT2D eigenvalue weighted by Gasteiger charge is 2.14. The Labute approximate surface area is 105 Å². The molecule has 1 aromatic carbocycles. The summed E-state index contributed by atoms with van der Waals surface area (Å²) < 4.78 is 11.9. The van der Waals surface area contributed by atoms with Crippen molar-refractivity contribution in [3.63, 3.8) is 0 Å². The predicted octanol–water partition coefficient (Wildman–Crippen LogP) is 3.46. The third kappa shape index (κ3) is 1.81. The molecular weight excluding hydrogens is 292 g/mol. The van der Waals surface area contributed by atoms with Crippen LogP contribution in [0, 0.1) is 0 Å². The van der Waals surface area contributed by atoms with Gasteiger partial charge in [-0.1, -0.05) is 0 Å². The molecule has 0 aliphatic rings. The van der Waals surface area contributed by atoms with Gasteiger partial charge in [-0.15, -0.1) is 11.3 Å². The molecule has 0 N–H and O–H groups in total. The molecule has 2 rings (SSSR count). The van der Waals surface area contributed by atoms with Crippen molar-refractivity contribution in [2.75, 3.05) is 14.2 Å². The van der Waals surface area contributed by atoms with E-state index >= 15 is 0 Å². The zero-order valence-corrected chi connectivity index (χ0v) is 11.1. The summed E-state index contributed by atoms with van der Waals surface area (Å²) in [6.07, 6.45) is 0. The van der Waals surface area contributed by atoms with Crippen LogP contribution in [-0.4, -0.2) is 20.2 Å². The largest absolute Gasteiger partial charge is 0.496 e. The van der Waals surface area contributed by atoms with Crippen molar-refractivity contribution in [3.8, 4) is 5.75 Å². The summed E-state index contributed by atoms with van der Waals surface area (Å²) in [5.41, 5.74) is 0. The Morgan fingerprint density at radius 1 is 1.38 bits per heavy atom. The molecule has 2 aromatic rings. The molecule has 16 heavy (non-hydrogen) atoms. The molecule has 0 bridgehead atoms. The number of benzene rings is 1. The summed E-state index contributed by atoms with van der Waals surface area (Å²) in [4.78, 5) is 12.0. The molecule has 0 atom stereocenters. The summed E-state index contributed by atoms with van der Waals surface area (Å²) in [6, 6.07) is 5.55. The Morgan fingerprint density at radius 2 is 2.12 bits per heavy atom. The van der Waals surface area contributed by atoms with E-state index in [2.05, 4.69) is 15.9 Å². The van der Waals surface area contributed by atoms with E-state index in [-0.39, 0.29) is 5.97 Å². The first-order valence-electron chi connectivity index (χ1n) is 4.51. The van der Waals surface area contributed by atoms with Gasteiger partial charge in [-0.05, 0) is 34.1 Å². The van der Waals surface area contributed by atoms with E-state index in [1.54, 1.807) is 13.2 Å². The first-order chi connectivity index (χ1) is 7.67. The normalized spacial score (nSPS) is 10.4. The molecule has 3 nitrogen and oxygen atoms in total. The summed E-state index contributed by atoms with van der Waals surface area (Å²) in [5, 5.41) is 0.919. The minimum atomic E-state index is -0.324. The monoisotopic (exact) mass is 300 g/mol. The van der Waals surface area contributed by atoms with Gasteiger partial charge in [-0.3, -0.25) is 0 Å².